The molecule has 0 atom stereocenters. The van der Waals surface area contributed by atoms with Crippen LogP contribution in [0.2, 0.25) is 5.02 Å². The Hall–Kier alpha value is -1.85. The summed E-state index contributed by atoms with van der Waals surface area (Å²) in [5.41, 5.74) is 2.84. The normalized spacial score (nSPS) is 11.0. The maximum Gasteiger partial charge on any atom is 0.274 e. The van der Waals surface area contributed by atoms with Crippen molar-refractivity contribution in [2.75, 3.05) is 0 Å². The molecule has 0 saturated carbocycles. The number of hydrogen-bond acceptors (Lipinski definition) is 2. The van der Waals surface area contributed by atoms with E-state index in [2.05, 4.69) is 21.4 Å². The van der Waals surface area contributed by atoms with Gasteiger partial charge in [0.1, 0.15) is 0 Å². The largest absolute Gasteiger partial charge is 0.274 e. The van der Waals surface area contributed by atoms with Crippen LogP contribution in [0.15, 0.2) is 53.0 Å². The van der Waals surface area contributed by atoms with Gasteiger partial charge < -0.3 is 0 Å². The average molecular weight is 410 g/mol. The summed E-state index contributed by atoms with van der Waals surface area (Å²) in [6.07, 6.45) is 0. The van der Waals surface area contributed by atoms with E-state index in [-0.39, 0.29) is 11.8 Å². The molecule has 0 aliphatic carbocycles. The van der Waals surface area contributed by atoms with Crippen LogP contribution < -0.4 is 5.43 Å². The lowest BCUT2D eigenvalue weighted by Gasteiger charge is -2.35. The first-order valence-electron chi connectivity index (χ1n) is 7.36. The molecule has 0 aliphatic rings. The van der Waals surface area contributed by atoms with Crippen LogP contribution in [0.1, 0.15) is 41.5 Å². The lowest BCUT2D eigenvalue weighted by molar-refractivity contribution is 0.0358. The van der Waals surface area contributed by atoms with Crippen molar-refractivity contribution in [2.24, 2.45) is 0 Å². The summed E-state index contributed by atoms with van der Waals surface area (Å²) in [4.78, 5) is 25.5. The molecule has 0 saturated heterocycles. The van der Waals surface area contributed by atoms with Gasteiger partial charge in [-0.15, -0.1) is 0 Å². The van der Waals surface area contributed by atoms with Gasteiger partial charge in [-0.3, -0.25) is 15.0 Å². The number of amides is 2. The van der Waals surface area contributed by atoms with E-state index < -0.39 is 5.54 Å². The molecule has 6 heteroatoms. The maximum absolute atomic E-state index is 12.9. The summed E-state index contributed by atoms with van der Waals surface area (Å²) in [5, 5.41) is 1.64. The van der Waals surface area contributed by atoms with E-state index in [4.69, 9.17) is 11.6 Å². The molecule has 0 aliphatic heterocycles. The lowest BCUT2D eigenvalue weighted by Crippen LogP contribution is -2.56. The summed E-state index contributed by atoms with van der Waals surface area (Å²) >= 11 is 9.47. The zero-order chi connectivity index (χ0) is 17.9. The van der Waals surface area contributed by atoms with Gasteiger partial charge >= 0.3 is 0 Å². The highest BCUT2D eigenvalue weighted by Crippen LogP contribution is 2.22. The topological polar surface area (TPSA) is 49.4 Å². The number of carbonyl (C=O) groups is 2. The zero-order valence-corrected chi connectivity index (χ0v) is 16.0. The average Bonchev–Trinajstić information content (AvgIpc) is 2.51. The van der Waals surface area contributed by atoms with E-state index in [1.165, 1.54) is 5.01 Å². The summed E-state index contributed by atoms with van der Waals surface area (Å²) in [6, 6.07) is 13.8. The first kappa shape index (κ1) is 18.5. The minimum atomic E-state index is -0.632. The third kappa shape index (κ3) is 4.16. The Balaban J connectivity index is 2.34. The Morgan fingerprint density at radius 1 is 1.00 bits per heavy atom. The van der Waals surface area contributed by atoms with Crippen LogP contribution in [0.5, 0.6) is 0 Å². The maximum atomic E-state index is 12.9. The molecule has 0 bridgehead atoms. The van der Waals surface area contributed by atoms with Gasteiger partial charge in [0.25, 0.3) is 11.8 Å². The van der Waals surface area contributed by atoms with Crippen molar-refractivity contribution in [3.63, 3.8) is 0 Å². The van der Waals surface area contributed by atoms with E-state index in [9.17, 15) is 9.59 Å². The number of carbonyl (C=O) groups excluding carboxylic acids is 2. The lowest BCUT2D eigenvalue weighted by atomic mass is 10.1. The van der Waals surface area contributed by atoms with Crippen molar-refractivity contribution in [2.45, 2.75) is 26.3 Å². The van der Waals surface area contributed by atoms with Crippen molar-refractivity contribution in [3.05, 3.63) is 69.2 Å². The van der Waals surface area contributed by atoms with Crippen LogP contribution in [-0.4, -0.2) is 22.4 Å². The Labute approximate surface area is 154 Å². The van der Waals surface area contributed by atoms with Gasteiger partial charge in [0, 0.05) is 4.47 Å². The number of nitrogens with zero attached hydrogens (tertiary/aromatic N) is 1. The van der Waals surface area contributed by atoms with Crippen LogP contribution in [0.25, 0.3) is 0 Å². The molecule has 0 heterocycles. The van der Waals surface area contributed by atoms with Crippen molar-refractivity contribution < 1.29 is 9.59 Å². The Morgan fingerprint density at radius 3 is 2.08 bits per heavy atom. The van der Waals surface area contributed by atoms with E-state index in [0.717, 1.165) is 0 Å². The van der Waals surface area contributed by atoms with Crippen LogP contribution in [-0.2, 0) is 0 Å². The van der Waals surface area contributed by atoms with Gasteiger partial charge in [-0.2, -0.15) is 0 Å². The Kier molecular flexibility index (Phi) is 5.67. The second-order valence-electron chi connectivity index (χ2n) is 6.21. The van der Waals surface area contributed by atoms with Crippen molar-refractivity contribution in [1.82, 2.24) is 10.4 Å². The highest BCUT2D eigenvalue weighted by atomic mass is 79.9. The molecule has 24 heavy (non-hydrogen) atoms. The van der Waals surface area contributed by atoms with Gasteiger partial charge in [-0.25, -0.2) is 5.01 Å². The van der Waals surface area contributed by atoms with Crippen LogP contribution in [0.3, 0.4) is 0 Å². The fourth-order valence-electron chi connectivity index (χ4n) is 2.09. The van der Waals surface area contributed by atoms with Crippen LogP contribution in [0.4, 0.5) is 0 Å². The standard InChI is InChI=1S/C18H18BrClN2O2/c1-18(2,3)22(17(24)13-9-5-7-11-15(13)20)21-16(23)12-8-4-6-10-14(12)19/h4-11H,1-3H3,(H,21,23). The van der Waals surface area contributed by atoms with E-state index >= 15 is 0 Å². The summed E-state index contributed by atoms with van der Waals surface area (Å²) in [6.45, 7) is 5.51. The smallest absolute Gasteiger partial charge is 0.267 e. The third-order valence-corrected chi connectivity index (χ3v) is 4.33. The molecule has 2 rings (SSSR count). The Bertz CT molecular complexity index is 772. The van der Waals surface area contributed by atoms with Crippen molar-refractivity contribution >= 4 is 39.3 Å². The molecular weight excluding hydrogens is 392 g/mol. The molecule has 1 N–H and O–H groups in total. The fraction of sp³-hybridized carbons (Fsp3) is 0.222. The molecule has 0 unspecified atom stereocenters. The highest BCUT2D eigenvalue weighted by molar-refractivity contribution is 9.10. The molecule has 0 fully saturated rings. The van der Waals surface area contributed by atoms with Gasteiger partial charge in [-0.05, 0) is 61.0 Å². The Morgan fingerprint density at radius 2 is 1.54 bits per heavy atom. The van der Waals surface area contributed by atoms with Gasteiger partial charge in [0.2, 0.25) is 0 Å². The summed E-state index contributed by atoms with van der Waals surface area (Å²) in [5.74, 6) is -0.744. The van der Waals surface area contributed by atoms with E-state index in [1.807, 2.05) is 26.8 Å². The first-order chi connectivity index (χ1) is 11.2. The van der Waals surface area contributed by atoms with Gasteiger partial charge in [0.05, 0.1) is 21.7 Å². The third-order valence-electron chi connectivity index (χ3n) is 3.31. The molecule has 0 spiro atoms. The minimum Gasteiger partial charge on any atom is -0.267 e. The first-order valence-corrected chi connectivity index (χ1v) is 8.53. The second kappa shape index (κ2) is 7.36. The predicted molar refractivity (Wildman–Crippen MR) is 99.0 cm³/mol. The molecule has 2 aromatic carbocycles. The highest BCUT2D eigenvalue weighted by Gasteiger charge is 2.30. The molecule has 0 aromatic heterocycles. The molecule has 2 aromatic rings. The molecular formula is C18H18BrClN2O2. The molecule has 2 amide bonds. The second-order valence-corrected chi connectivity index (χ2v) is 7.47. The number of benzene rings is 2. The van der Waals surface area contributed by atoms with Gasteiger partial charge in [-0.1, -0.05) is 35.9 Å². The minimum absolute atomic E-state index is 0.335. The van der Waals surface area contributed by atoms with Crippen molar-refractivity contribution in [1.29, 1.82) is 0 Å². The molecule has 126 valence electrons. The quantitative estimate of drug-likeness (QED) is 0.732. The number of hydrogen-bond donors (Lipinski definition) is 1. The number of hydrazine groups is 1. The van der Waals surface area contributed by atoms with Crippen molar-refractivity contribution in [3.8, 4) is 0 Å². The van der Waals surface area contributed by atoms with E-state index in [1.54, 1.807) is 42.5 Å². The molecule has 0 radical (unpaired) electrons. The summed E-state index contributed by atoms with van der Waals surface area (Å²) in [7, 11) is 0. The predicted octanol–water partition coefficient (Wildman–Crippen LogP) is 4.69. The zero-order valence-electron chi connectivity index (χ0n) is 13.6. The number of halogens is 2. The molecule has 4 nitrogen and oxygen atoms in total. The fourth-order valence-corrected chi connectivity index (χ4v) is 2.77. The van der Waals surface area contributed by atoms with E-state index in [0.29, 0.717) is 20.6 Å². The monoisotopic (exact) mass is 408 g/mol. The number of nitrogens with one attached hydrogen (secondary N) is 1. The van der Waals surface area contributed by atoms with Crippen LogP contribution >= 0.6 is 27.5 Å². The van der Waals surface area contributed by atoms with Gasteiger partial charge in [0.15, 0.2) is 0 Å². The number of rotatable bonds is 2. The summed E-state index contributed by atoms with van der Waals surface area (Å²) < 4.78 is 0.654. The SMILES string of the molecule is CC(C)(C)N(NC(=O)c1ccccc1Br)C(=O)c1ccccc1Cl. The van der Waals surface area contributed by atoms with Crippen LogP contribution in [0, 0.1) is 0 Å².